The topological polar surface area (TPSA) is 144 Å². The Bertz CT molecular complexity index is 1260. The van der Waals surface area contributed by atoms with E-state index >= 15 is 0 Å². The smallest absolute Gasteiger partial charge is 0.313 e. The van der Waals surface area contributed by atoms with Gasteiger partial charge in [-0.15, -0.1) is 11.3 Å². The lowest BCUT2D eigenvalue weighted by atomic mass is 10.1. The summed E-state index contributed by atoms with van der Waals surface area (Å²) in [5.74, 6) is -3.55. The summed E-state index contributed by atoms with van der Waals surface area (Å²) in [4.78, 5) is 73.3. The monoisotopic (exact) mass is 563 g/mol. The third-order valence-corrected chi connectivity index (χ3v) is 7.02. The Balaban J connectivity index is 1.67. The molecule has 0 saturated carbocycles. The van der Waals surface area contributed by atoms with Crippen molar-refractivity contribution in [3.05, 3.63) is 44.4 Å². The second-order valence-corrected chi connectivity index (χ2v) is 10.7. The number of hydrogen-bond donors (Lipinski definition) is 3. The molecule has 38 heavy (non-hydrogen) atoms. The van der Waals surface area contributed by atoms with Crippen molar-refractivity contribution in [3.63, 3.8) is 0 Å². The average molecular weight is 564 g/mol. The highest BCUT2D eigenvalue weighted by Crippen LogP contribution is 2.24. The number of aromatic nitrogens is 1. The molecule has 1 aromatic heterocycles. The molecule has 2 aromatic rings. The molecule has 1 atom stereocenters. The van der Waals surface area contributed by atoms with Gasteiger partial charge in [-0.3, -0.25) is 24.0 Å². The van der Waals surface area contributed by atoms with Gasteiger partial charge in [-0.25, -0.2) is 4.98 Å². The first-order valence-electron chi connectivity index (χ1n) is 11.7. The molecule has 0 spiro atoms. The Morgan fingerprint density at radius 1 is 1.11 bits per heavy atom. The van der Waals surface area contributed by atoms with E-state index in [1.807, 2.05) is 7.05 Å². The molecule has 0 fully saturated rings. The third-order valence-electron chi connectivity index (χ3n) is 5.70. The minimum absolute atomic E-state index is 0.0980. The first-order chi connectivity index (χ1) is 17.9. The summed E-state index contributed by atoms with van der Waals surface area (Å²) in [7, 11) is 8.09. The first kappa shape index (κ1) is 29.0. The van der Waals surface area contributed by atoms with E-state index in [-0.39, 0.29) is 27.8 Å². The predicted molar refractivity (Wildman–Crippen MR) is 143 cm³/mol. The highest BCUT2D eigenvalue weighted by Gasteiger charge is 2.28. The Labute approximate surface area is 229 Å². The van der Waals surface area contributed by atoms with Crippen molar-refractivity contribution in [1.82, 2.24) is 30.3 Å². The summed E-state index contributed by atoms with van der Waals surface area (Å²) in [5.41, 5.74) is 1.07. The van der Waals surface area contributed by atoms with E-state index in [4.69, 9.17) is 11.6 Å². The first-order valence-corrected chi connectivity index (χ1v) is 12.9. The number of benzene rings is 1. The molecule has 12 nitrogen and oxygen atoms in total. The van der Waals surface area contributed by atoms with Crippen LogP contribution in [0.4, 0.5) is 5.69 Å². The van der Waals surface area contributed by atoms with Gasteiger partial charge in [-0.1, -0.05) is 11.6 Å². The molecule has 204 valence electrons. The van der Waals surface area contributed by atoms with E-state index in [9.17, 15) is 24.0 Å². The molecule has 1 unspecified atom stereocenters. The van der Waals surface area contributed by atoms with Gasteiger partial charge in [0.2, 0.25) is 5.91 Å². The zero-order valence-corrected chi connectivity index (χ0v) is 23.3. The Morgan fingerprint density at radius 2 is 1.82 bits per heavy atom. The molecular weight excluding hydrogens is 534 g/mol. The van der Waals surface area contributed by atoms with Gasteiger partial charge in [-0.2, -0.15) is 0 Å². The van der Waals surface area contributed by atoms with Crippen LogP contribution in [0.15, 0.2) is 18.2 Å². The number of carbonyl (C=O) groups excluding carboxylic acids is 5. The molecule has 1 aliphatic heterocycles. The maximum atomic E-state index is 12.9. The molecule has 5 amide bonds. The van der Waals surface area contributed by atoms with Crippen LogP contribution < -0.4 is 16.0 Å². The number of hydrogen-bond acceptors (Lipinski definition) is 8. The van der Waals surface area contributed by atoms with E-state index in [0.29, 0.717) is 6.54 Å². The molecule has 0 radical (unpaired) electrons. The molecule has 0 bridgehead atoms. The number of nitrogens with one attached hydrogen (secondary N) is 3. The Morgan fingerprint density at radius 3 is 2.47 bits per heavy atom. The third kappa shape index (κ3) is 7.05. The largest absolute Gasteiger partial charge is 0.347 e. The van der Waals surface area contributed by atoms with Crippen LogP contribution in [0.2, 0.25) is 5.02 Å². The van der Waals surface area contributed by atoms with Crippen LogP contribution in [-0.4, -0.2) is 104 Å². The van der Waals surface area contributed by atoms with Gasteiger partial charge in [-0.05, 0) is 25.2 Å². The van der Waals surface area contributed by atoms with Gasteiger partial charge in [0, 0.05) is 64.1 Å². The van der Waals surface area contributed by atoms with Gasteiger partial charge in [0.1, 0.15) is 6.04 Å². The lowest BCUT2D eigenvalue weighted by Crippen LogP contribution is -2.53. The van der Waals surface area contributed by atoms with Gasteiger partial charge in [0.05, 0.1) is 16.9 Å². The van der Waals surface area contributed by atoms with Gasteiger partial charge in [0.25, 0.3) is 11.8 Å². The summed E-state index contributed by atoms with van der Waals surface area (Å²) in [5, 5.41) is 7.90. The van der Waals surface area contributed by atoms with E-state index in [1.54, 1.807) is 0 Å². The van der Waals surface area contributed by atoms with Crippen LogP contribution in [0.3, 0.4) is 0 Å². The quantitative estimate of drug-likeness (QED) is 0.414. The molecule has 14 heteroatoms. The lowest BCUT2D eigenvalue weighted by molar-refractivity contribution is -0.136. The summed E-state index contributed by atoms with van der Waals surface area (Å²) in [6.07, 6.45) is 0.732. The van der Waals surface area contributed by atoms with Crippen molar-refractivity contribution in [2.75, 3.05) is 53.6 Å². The zero-order valence-electron chi connectivity index (χ0n) is 21.8. The highest BCUT2D eigenvalue weighted by molar-refractivity contribution is 7.13. The second kappa shape index (κ2) is 12.3. The van der Waals surface area contributed by atoms with Crippen LogP contribution in [-0.2, 0) is 27.3 Å². The fraction of sp³-hybridized carbons (Fsp3) is 0.417. The molecule has 0 aliphatic carbocycles. The number of amides is 5. The molecule has 1 aromatic carbocycles. The van der Waals surface area contributed by atoms with Crippen molar-refractivity contribution in [2.45, 2.75) is 19.0 Å². The number of anilines is 1. The van der Waals surface area contributed by atoms with Crippen molar-refractivity contribution < 1.29 is 24.0 Å². The van der Waals surface area contributed by atoms with Crippen molar-refractivity contribution >= 4 is 58.2 Å². The van der Waals surface area contributed by atoms with E-state index < -0.39 is 35.6 Å². The fourth-order valence-corrected chi connectivity index (χ4v) is 4.91. The number of carbonyl (C=O) groups is 5. The average Bonchev–Trinajstić information content (AvgIpc) is 3.29. The molecule has 2 heterocycles. The normalized spacial score (nSPS) is 13.6. The maximum absolute atomic E-state index is 12.9. The van der Waals surface area contributed by atoms with Crippen LogP contribution in [0.25, 0.3) is 0 Å². The molecular formula is C24H30ClN7O5S. The van der Waals surface area contributed by atoms with Crippen molar-refractivity contribution in [3.8, 4) is 0 Å². The standard InChI is InChI=1S/C24H30ClN7O5S/c1-30(2)23(36)14-10-13(25)6-7-15(14)27-20(34)19(33)26-11-17(24(37)31(3)4)28-21(35)22-29-16-8-9-32(5)12-18(16)38-22/h6-7,10,17H,8-9,11-12H2,1-5H3,(H,26,33)(H,27,34)(H,28,35). The molecule has 1 aliphatic rings. The Hall–Kier alpha value is -3.55. The maximum Gasteiger partial charge on any atom is 0.313 e. The summed E-state index contributed by atoms with van der Waals surface area (Å²) >= 11 is 7.25. The molecule has 3 rings (SSSR count). The SMILES string of the molecule is CN1CCc2nc(C(=O)NC(CNC(=O)C(=O)Nc3ccc(Cl)cc3C(=O)N(C)C)C(=O)N(C)C)sc2C1. The second-order valence-electron chi connectivity index (χ2n) is 9.19. The van der Waals surface area contributed by atoms with Crippen molar-refractivity contribution in [1.29, 1.82) is 0 Å². The zero-order chi connectivity index (χ0) is 28.1. The van der Waals surface area contributed by atoms with Gasteiger partial charge < -0.3 is 30.7 Å². The number of likely N-dealkylation sites (N-methyl/N-ethyl adjacent to an activating group) is 2. The summed E-state index contributed by atoms with van der Waals surface area (Å²) in [6.45, 7) is 1.20. The van der Waals surface area contributed by atoms with Gasteiger partial charge >= 0.3 is 11.8 Å². The number of nitrogens with zero attached hydrogens (tertiary/aromatic N) is 4. The number of fused-ring (bicyclic) bond motifs is 1. The van der Waals surface area contributed by atoms with Crippen LogP contribution >= 0.6 is 22.9 Å². The Kier molecular flexibility index (Phi) is 9.41. The summed E-state index contributed by atoms with van der Waals surface area (Å²) in [6, 6.07) is 3.12. The minimum atomic E-state index is -1.14. The van der Waals surface area contributed by atoms with Crippen LogP contribution in [0, 0.1) is 0 Å². The molecule has 3 N–H and O–H groups in total. The minimum Gasteiger partial charge on any atom is -0.347 e. The van der Waals surface area contributed by atoms with Crippen LogP contribution in [0.1, 0.15) is 30.7 Å². The van der Waals surface area contributed by atoms with Crippen LogP contribution in [0.5, 0.6) is 0 Å². The fourth-order valence-electron chi connectivity index (χ4n) is 3.65. The van der Waals surface area contributed by atoms with E-state index in [0.717, 1.165) is 23.5 Å². The van der Waals surface area contributed by atoms with Crippen molar-refractivity contribution in [2.24, 2.45) is 0 Å². The van der Waals surface area contributed by atoms with Gasteiger partial charge in [0.15, 0.2) is 5.01 Å². The number of thiazole rings is 1. The molecule has 0 saturated heterocycles. The van der Waals surface area contributed by atoms with E-state index in [2.05, 4.69) is 25.8 Å². The summed E-state index contributed by atoms with van der Waals surface area (Å²) < 4.78 is 0. The highest BCUT2D eigenvalue weighted by atomic mass is 35.5. The number of halogens is 1. The lowest BCUT2D eigenvalue weighted by Gasteiger charge is -2.21. The number of rotatable bonds is 7. The predicted octanol–water partition coefficient (Wildman–Crippen LogP) is 0.428. The van der Waals surface area contributed by atoms with E-state index in [1.165, 1.54) is 67.5 Å².